The number of nitrogens with zero attached hydrogens (tertiary/aromatic N) is 7. The fourth-order valence-corrected chi connectivity index (χ4v) is 3.32. The zero-order chi connectivity index (χ0) is 20.5. The summed E-state index contributed by atoms with van der Waals surface area (Å²) in [5.41, 5.74) is 5.41. The first-order chi connectivity index (χ1) is 14.7. The molecule has 10 heteroatoms. The van der Waals surface area contributed by atoms with E-state index >= 15 is 0 Å². The number of anilines is 1. The average Bonchev–Trinajstić information content (AvgIpc) is 3.51. The second-order valence-electron chi connectivity index (χ2n) is 6.77. The van der Waals surface area contributed by atoms with E-state index in [2.05, 4.69) is 31.6 Å². The molecule has 5 rings (SSSR count). The van der Waals surface area contributed by atoms with Crippen molar-refractivity contribution in [2.24, 2.45) is 7.05 Å². The maximum absolute atomic E-state index is 9.29. The largest absolute Gasteiger partial charge is 0.377 e. The normalized spacial score (nSPS) is 10.6. The Morgan fingerprint density at radius 2 is 2.03 bits per heavy atom. The number of aryl methyl sites for hydroxylation is 1. The Kier molecular flexibility index (Phi) is 5.39. The third-order valence-corrected chi connectivity index (χ3v) is 4.77. The van der Waals surface area contributed by atoms with E-state index in [9.17, 15) is 5.26 Å². The first-order valence-electron chi connectivity index (χ1n) is 9.33. The maximum Gasteiger partial charge on any atom is 0.155 e. The summed E-state index contributed by atoms with van der Waals surface area (Å²) >= 11 is 0. The minimum atomic E-state index is 0. The number of hydrogen-bond acceptors (Lipinski definition) is 6. The Labute approximate surface area is 183 Å². The van der Waals surface area contributed by atoms with Crippen LogP contribution in [0, 0.1) is 11.3 Å². The number of fused-ring (bicyclic) bond motifs is 1. The number of benzene rings is 1. The lowest BCUT2D eigenvalue weighted by molar-refractivity contribution is 0.770. The molecule has 0 aliphatic carbocycles. The van der Waals surface area contributed by atoms with Crippen molar-refractivity contribution in [2.75, 3.05) is 5.32 Å². The predicted molar refractivity (Wildman–Crippen MR) is 119 cm³/mol. The molecule has 1 aromatic carbocycles. The van der Waals surface area contributed by atoms with Crippen LogP contribution in [0.5, 0.6) is 0 Å². The van der Waals surface area contributed by atoms with E-state index in [1.807, 2.05) is 55.8 Å². The molecule has 0 spiro atoms. The molecule has 4 heterocycles. The van der Waals surface area contributed by atoms with Crippen molar-refractivity contribution >= 4 is 23.7 Å². The van der Waals surface area contributed by atoms with Crippen molar-refractivity contribution < 1.29 is 0 Å². The molecule has 0 fully saturated rings. The fraction of sp³-hybridized carbons (Fsp3) is 0.0952. The predicted octanol–water partition coefficient (Wildman–Crippen LogP) is 3.43. The van der Waals surface area contributed by atoms with Gasteiger partial charge in [0.25, 0.3) is 0 Å². The molecule has 4 aromatic heterocycles. The second-order valence-corrected chi connectivity index (χ2v) is 6.77. The second kappa shape index (κ2) is 8.30. The van der Waals surface area contributed by atoms with Gasteiger partial charge in [-0.1, -0.05) is 12.1 Å². The van der Waals surface area contributed by atoms with Crippen molar-refractivity contribution in [3.63, 3.8) is 0 Å². The number of H-pyrrole nitrogens is 1. The molecule has 0 saturated carbocycles. The van der Waals surface area contributed by atoms with Gasteiger partial charge in [0, 0.05) is 25.0 Å². The van der Waals surface area contributed by atoms with Gasteiger partial charge in [-0.15, -0.1) is 12.4 Å². The van der Waals surface area contributed by atoms with Gasteiger partial charge < -0.3 is 10.3 Å². The summed E-state index contributed by atoms with van der Waals surface area (Å²) in [6.45, 7) is 0.435. The minimum absolute atomic E-state index is 0. The molecule has 0 amide bonds. The first-order valence-corrected chi connectivity index (χ1v) is 9.33. The Morgan fingerprint density at radius 3 is 2.84 bits per heavy atom. The van der Waals surface area contributed by atoms with Gasteiger partial charge in [0.2, 0.25) is 0 Å². The lowest BCUT2D eigenvalue weighted by atomic mass is 10.1. The molecule has 0 radical (unpaired) electrons. The summed E-state index contributed by atoms with van der Waals surface area (Å²) in [5, 5.41) is 21.3. The quantitative estimate of drug-likeness (QED) is 0.441. The summed E-state index contributed by atoms with van der Waals surface area (Å²) in [5.74, 6) is 0.733. The molecule has 0 bridgehead atoms. The molecule has 154 valence electrons. The third-order valence-electron chi connectivity index (χ3n) is 4.77. The van der Waals surface area contributed by atoms with Gasteiger partial charge in [-0.05, 0) is 30.3 Å². The van der Waals surface area contributed by atoms with Crippen LogP contribution in [0.25, 0.3) is 28.3 Å². The van der Waals surface area contributed by atoms with Crippen LogP contribution in [0.1, 0.15) is 11.4 Å². The number of pyridine rings is 1. The SMILES string of the molecule is Cl.Cn1ccc(-c2nc(CNc3ccccc3C#N)[nH]c2-c2ccc3ncnn3c2)n1. The molecule has 5 aromatic rings. The summed E-state index contributed by atoms with van der Waals surface area (Å²) in [6, 6.07) is 15.4. The van der Waals surface area contributed by atoms with Crippen molar-refractivity contribution in [2.45, 2.75) is 6.54 Å². The third kappa shape index (κ3) is 3.84. The monoisotopic (exact) mass is 431 g/mol. The van der Waals surface area contributed by atoms with Crippen LogP contribution in [0.2, 0.25) is 0 Å². The van der Waals surface area contributed by atoms with E-state index < -0.39 is 0 Å². The molecule has 31 heavy (non-hydrogen) atoms. The number of imidazole rings is 1. The maximum atomic E-state index is 9.29. The van der Waals surface area contributed by atoms with E-state index in [0.717, 1.165) is 39.8 Å². The van der Waals surface area contributed by atoms with Gasteiger partial charge in [-0.2, -0.15) is 15.5 Å². The van der Waals surface area contributed by atoms with Gasteiger partial charge in [0.1, 0.15) is 29.6 Å². The molecule has 0 unspecified atom stereocenters. The molecule has 0 saturated heterocycles. The molecular formula is C21H18ClN9. The molecule has 2 N–H and O–H groups in total. The topological polar surface area (TPSA) is 113 Å². The standard InChI is InChI=1S/C21H17N9.ClH/c1-29-9-8-17(28-29)21-20(15-6-7-19-24-13-25-30(19)12-15)26-18(27-21)11-23-16-5-3-2-4-14(16)10-22;/h2-9,12-13,23H,11H2,1H3,(H,26,27);1H. The fourth-order valence-electron chi connectivity index (χ4n) is 3.32. The van der Waals surface area contributed by atoms with E-state index in [1.165, 1.54) is 6.33 Å². The van der Waals surface area contributed by atoms with Gasteiger partial charge >= 0.3 is 0 Å². The lowest BCUT2D eigenvalue weighted by Gasteiger charge is -2.05. The van der Waals surface area contributed by atoms with Gasteiger partial charge in [-0.3, -0.25) is 4.68 Å². The van der Waals surface area contributed by atoms with Crippen LogP contribution >= 0.6 is 12.4 Å². The van der Waals surface area contributed by atoms with Gasteiger partial charge in [-0.25, -0.2) is 14.5 Å². The lowest BCUT2D eigenvalue weighted by Crippen LogP contribution is -2.02. The highest BCUT2D eigenvalue weighted by Gasteiger charge is 2.17. The van der Waals surface area contributed by atoms with Crippen molar-refractivity contribution in [3.05, 3.63) is 72.6 Å². The van der Waals surface area contributed by atoms with Crippen LogP contribution in [0.4, 0.5) is 5.69 Å². The van der Waals surface area contributed by atoms with Gasteiger partial charge in [0.15, 0.2) is 5.65 Å². The smallest absolute Gasteiger partial charge is 0.155 e. The summed E-state index contributed by atoms with van der Waals surface area (Å²) < 4.78 is 3.47. The van der Waals surface area contributed by atoms with Crippen LogP contribution in [-0.4, -0.2) is 34.3 Å². The van der Waals surface area contributed by atoms with E-state index in [-0.39, 0.29) is 12.4 Å². The number of nitrogens with one attached hydrogen (secondary N) is 2. The number of rotatable bonds is 5. The summed E-state index contributed by atoms with van der Waals surface area (Å²) in [4.78, 5) is 12.4. The Hall–Kier alpha value is -4.16. The number of para-hydroxylation sites is 1. The zero-order valence-electron chi connectivity index (χ0n) is 16.5. The van der Waals surface area contributed by atoms with Crippen molar-refractivity contribution in [1.29, 1.82) is 5.26 Å². The molecule has 0 aliphatic heterocycles. The van der Waals surface area contributed by atoms with Crippen LogP contribution in [-0.2, 0) is 13.6 Å². The number of hydrogen-bond donors (Lipinski definition) is 2. The number of aromatic amines is 1. The highest BCUT2D eigenvalue weighted by atomic mass is 35.5. The van der Waals surface area contributed by atoms with E-state index in [4.69, 9.17) is 4.98 Å². The van der Waals surface area contributed by atoms with Crippen molar-refractivity contribution in [3.8, 4) is 28.7 Å². The highest BCUT2D eigenvalue weighted by Crippen LogP contribution is 2.29. The first kappa shape index (κ1) is 20.1. The average molecular weight is 432 g/mol. The van der Waals surface area contributed by atoms with Crippen LogP contribution < -0.4 is 5.32 Å². The Balaban J connectivity index is 0.00000231. The Morgan fingerprint density at radius 1 is 1.16 bits per heavy atom. The molecule has 9 nitrogen and oxygen atoms in total. The minimum Gasteiger partial charge on any atom is -0.377 e. The van der Waals surface area contributed by atoms with Gasteiger partial charge in [0.05, 0.1) is 23.5 Å². The summed E-state index contributed by atoms with van der Waals surface area (Å²) in [7, 11) is 1.87. The number of aromatic nitrogens is 7. The number of halogens is 1. The Bertz CT molecular complexity index is 1390. The molecule has 0 atom stereocenters. The zero-order valence-corrected chi connectivity index (χ0v) is 17.3. The van der Waals surface area contributed by atoms with Crippen LogP contribution in [0.3, 0.4) is 0 Å². The molecular weight excluding hydrogens is 414 g/mol. The van der Waals surface area contributed by atoms with Crippen LogP contribution in [0.15, 0.2) is 61.2 Å². The number of nitriles is 1. The molecule has 0 aliphatic rings. The summed E-state index contributed by atoms with van der Waals surface area (Å²) in [6.07, 6.45) is 5.31. The van der Waals surface area contributed by atoms with E-state index in [1.54, 1.807) is 15.3 Å². The van der Waals surface area contributed by atoms with Crippen molar-refractivity contribution in [1.82, 2.24) is 34.3 Å². The highest BCUT2D eigenvalue weighted by molar-refractivity contribution is 5.85. The van der Waals surface area contributed by atoms with E-state index in [0.29, 0.717) is 12.1 Å².